The number of amides is 2. The summed E-state index contributed by atoms with van der Waals surface area (Å²) in [6, 6.07) is 15.9. The summed E-state index contributed by atoms with van der Waals surface area (Å²) in [6.45, 7) is 1.33. The van der Waals surface area contributed by atoms with Crippen LogP contribution in [0.4, 0.5) is 4.79 Å². The predicted molar refractivity (Wildman–Crippen MR) is 128 cm³/mol. The van der Waals surface area contributed by atoms with E-state index in [-0.39, 0.29) is 30.9 Å². The number of hydrogen-bond acceptors (Lipinski definition) is 5. The first-order chi connectivity index (χ1) is 17.0. The standard InChI is InChI=1S/C27H30N2O6/c30-24(31)16-18-6-5-13-29(18)25(32)27(11-14-34-15-12-27)28-26(33)35-17-23-21-9-3-1-7-19(21)20-8-2-4-10-22(20)23/h1-4,7-10,18,23H,5-6,11-17H2,(H,28,33)(H,30,31)/t18-/m0/s1. The highest BCUT2D eigenvalue weighted by Gasteiger charge is 2.47. The number of alkyl carbamates (subject to hydrolysis) is 1. The third kappa shape index (κ3) is 4.50. The van der Waals surface area contributed by atoms with E-state index in [0.29, 0.717) is 39.0 Å². The van der Waals surface area contributed by atoms with Crippen molar-refractivity contribution in [3.63, 3.8) is 0 Å². The summed E-state index contributed by atoms with van der Waals surface area (Å²) in [5, 5.41) is 12.1. The van der Waals surface area contributed by atoms with Crippen LogP contribution >= 0.6 is 0 Å². The fourth-order valence-corrected chi connectivity index (χ4v) is 5.73. The van der Waals surface area contributed by atoms with Crippen molar-refractivity contribution in [1.29, 1.82) is 0 Å². The van der Waals surface area contributed by atoms with Crippen molar-refractivity contribution < 1.29 is 29.0 Å². The summed E-state index contributed by atoms with van der Waals surface area (Å²) in [5.41, 5.74) is 3.37. The molecule has 1 atom stereocenters. The molecule has 35 heavy (non-hydrogen) atoms. The monoisotopic (exact) mass is 478 g/mol. The molecule has 0 bridgehead atoms. The van der Waals surface area contributed by atoms with Crippen LogP contribution in [0.25, 0.3) is 11.1 Å². The lowest BCUT2D eigenvalue weighted by Gasteiger charge is -2.40. The van der Waals surface area contributed by atoms with Gasteiger partial charge in [-0.3, -0.25) is 9.59 Å². The molecular formula is C27H30N2O6. The SMILES string of the molecule is O=C(O)C[C@@H]1CCCN1C(=O)C1(NC(=O)OCC2c3ccccc3-c3ccccc32)CCOCC1. The molecule has 2 aliphatic heterocycles. The topological polar surface area (TPSA) is 105 Å². The second-order valence-corrected chi connectivity index (χ2v) is 9.54. The second-order valence-electron chi connectivity index (χ2n) is 9.54. The molecule has 0 unspecified atom stereocenters. The van der Waals surface area contributed by atoms with E-state index in [4.69, 9.17) is 9.47 Å². The molecule has 2 aromatic carbocycles. The number of nitrogens with one attached hydrogen (secondary N) is 1. The van der Waals surface area contributed by atoms with E-state index in [1.165, 1.54) is 0 Å². The highest BCUT2D eigenvalue weighted by atomic mass is 16.5. The van der Waals surface area contributed by atoms with Crippen LogP contribution in [0.1, 0.15) is 49.1 Å². The molecule has 184 valence electrons. The summed E-state index contributed by atoms with van der Waals surface area (Å²) in [6.07, 6.45) is 1.31. The second kappa shape index (κ2) is 9.70. The average molecular weight is 479 g/mol. The Morgan fingerprint density at radius 1 is 1.03 bits per heavy atom. The van der Waals surface area contributed by atoms with E-state index < -0.39 is 17.6 Å². The highest BCUT2D eigenvalue weighted by Crippen LogP contribution is 2.44. The van der Waals surface area contributed by atoms with Gasteiger partial charge in [-0.25, -0.2) is 4.79 Å². The van der Waals surface area contributed by atoms with E-state index in [9.17, 15) is 19.5 Å². The molecule has 8 heteroatoms. The first-order valence-corrected chi connectivity index (χ1v) is 12.2. The summed E-state index contributed by atoms with van der Waals surface area (Å²) >= 11 is 0. The molecule has 0 saturated carbocycles. The van der Waals surface area contributed by atoms with E-state index in [1.54, 1.807) is 4.90 Å². The van der Waals surface area contributed by atoms with E-state index in [1.807, 2.05) is 24.3 Å². The number of carboxylic acids is 1. The summed E-state index contributed by atoms with van der Waals surface area (Å²) in [4.78, 5) is 39.6. The molecule has 0 aromatic heterocycles. The van der Waals surface area contributed by atoms with Crippen molar-refractivity contribution in [3.8, 4) is 11.1 Å². The molecule has 2 heterocycles. The van der Waals surface area contributed by atoms with Gasteiger partial charge in [-0.2, -0.15) is 0 Å². The van der Waals surface area contributed by atoms with Gasteiger partial charge in [-0.05, 0) is 35.1 Å². The molecule has 2 saturated heterocycles. The zero-order valence-corrected chi connectivity index (χ0v) is 19.6. The Kier molecular flexibility index (Phi) is 6.47. The Bertz CT molecular complexity index is 1080. The van der Waals surface area contributed by atoms with Crippen LogP contribution < -0.4 is 5.32 Å². The number of hydrogen-bond donors (Lipinski definition) is 2. The van der Waals surface area contributed by atoms with Crippen LogP contribution in [0, 0.1) is 0 Å². The Hall–Kier alpha value is -3.39. The lowest BCUT2D eigenvalue weighted by atomic mass is 9.88. The third-order valence-corrected chi connectivity index (χ3v) is 7.49. The van der Waals surface area contributed by atoms with Crippen molar-refractivity contribution in [2.24, 2.45) is 0 Å². The normalized spacial score (nSPS) is 20.7. The van der Waals surface area contributed by atoms with Gasteiger partial charge < -0.3 is 24.8 Å². The Labute approximate surface area is 204 Å². The number of ether oxygens (including phenoxy) is 2. The molecule has 5 rings (SSSR count). The molecule has 2 amide bonds. The minimum Gasteiger partial charge on any atom is -0.481 e. The largest absolute Gasteiger partial charge is 0.481 e. The highest BCUT2D eigenvalue weighted by molar-refractivity contribution is 5.91. The van der Waals surface area contributed by atoms with Gasteiger partial charge in [-0.1, -0.05) is 48.5 Å². The van der Waals surface area contributed by atoms with Crippen LogP contribution in [0.2, 0.25) is 0 Å². The van der Waals surface area contributed by atoms with Gasteiger partial charge >= 0.3 is 12.1 Å². The quantitative estimate of drug-likeness (QED) is 0.658. The molecule has 1 aliphatic carbocycles. The molecule has 0 radical (unpaired) electrons. The molecule has 2 N–H and O–H groups in total. The van der Waals surface area contributed by atoms with Gasteiger partial charge in [0.25, 0.3) is 0 Å². The zero-order chi connectivity index (χ0) is 24.4. The van der Waals surface area contributed by atoms with Gasteiger partial charge in [0.1, 0.15) is 12.1 Å². The molecule has 2 fully saturated rings. The summed E-state index contributed by atoms with van der Waals surface area (Å²) in [7, 11) is 0. The average Bonchev–Trinajstić information content (AvgIpc) is 3.45. The van der Waals surface area contributed by atoms with Gasteiger partial charge in [0.05, 0.1) is 6.42 Å². The number of carbonyl (C=O) groups excluding carboxylic acids is 2. The molecule has 8 nitrogen and oxygen atoms in total. The van der Waals surface area contributed by atoms with Gasteiger partial charge in [-0.15, -0.1) is 0 Å². The first-order valence-electron chi connectivity index (χ1n) is 12.2. The van der Waals surface area contributed by atoms with Gasteiger partial charge in [0.15, 0.2) is 0 Å². The molecule has 0 spiro atoms. The fourth-order valence-electron chi connectivity index (χ4n) is 5.73. The van der Waals surface area contributed by atoms with Crippen molar-refractivity contribution in [2.45, 2.75) is 49.6 Å². The maximum Gasteiger partial charge on any atom is 0.408 e. The van der Waals surface area contributed by atoms with Crippen molar-refractivity contribution in [3.05, 3.63) is 59.7 Å². The Balaban J connectivity index is 1.30. The first kappa shape index (κ1) is 23.4. The van der Waals surface area contributed by atoms with E-state index in [0.717, 1.165) is 28.7 Å². The van der Waals surface area contributed by atoms with Crippen LogP contribution in [-0.2, 0) is 19.1 Å². The number of benzene rings is 2. The number of rotatable bonds is 6. The Morgan fingerprint density at radius 2 is 1.66 bits per heavy atom. The number of nitrogens with zero attached hydrogens (tertiary/aromatic N) is 1. The summed E-state index contributed by atoms with van der Waals surface area (Å²) < 4.78 is 11.2. The lowest BCUT2D eigenvalue weighted by molar-refractivity contribution is -0.145. The predicted octanol–water partition coefficient (Wildman–Crippen LogP) is 3.54. The third-order valence-electron chi connectivity index (χ3n) is 7.49. The number of fused-ring (bicyclic) bond motifs is 3. The van der Waals surface area contributed by atoms with Crippen molar-refractivity contribution in [1.82, 2.24) is 10.2 Å². The molecule has 2 aromatic rings. The maximum atomic E-state index is 13.6. The van der Waals surface area contributed by atoms with Crippen molar-refractivity contribution in [2.75, 3.05) is 26.4 Å². The van der Waals surface area contributed by atoms with E-state index in [2.05, 4.69) is 29.6 Å². The smallest absolute Gasteiger partial charge is 0.408 e. The summed E-state index contributed by atoms with van der Waals surface area (Å²) in [5.74, 6) is -1.24. The van der Waals surface area contributed by atoms with Gasteiger partial charge in [0, 0.05) is 44.6 Å². The van der Waals surface area contributed by atoms with Gasteiger partial charge in [0.2, 0.25) is 5.91 Å². The number of aliphatic carboxylic acids is 1. The minimum atomic E-state index is -1.15. The van der Waals surface area contributed by atoms with Crippen LogP contribution in [0.3, 0.4) is 0 Å². The number of carbonyl (C=O) groups is 3. The number of carboxylic acid groups (broad SMARTS) is 1. The number of likely N-dealkylation sites (tertiary alicyclic amines) is 1. The minimum absolute atomic E-state index is 0.0759. The molecular weight excluding hydrogens is 448 g/mol. The fraction of sp³-hybridized carbons (Fsp3) is 0.444. The zero-order valence-electron chi connectivity index (χ0n) is 19.6. The van der Waals surface area contributed by atoms with E-state index >= 15 is 0 Å². The van der Waals surface area contributed by atoms with Crippen LogP contribution in [0.5, 0.6) is 0 Å². The van der Waals surface area contributed by atoms with Crippen LogP contribution in [-0.4, -0.2) is 65.9 Å². The lowest BCUT2D eigenvalue weighted by Crippen LogP contribution is -2.62. The van der Waals surface area contributed by atoms with Crippen LogP contribution in [0.15, 0.2) is 48.5 Å². The van der Waals surface area contributed by atoms with Crippen molar-refractivity contribution >= 4 is 18.0 Å². The Morgan fingerprint density at radius 3 is 2.29 bits per heavy atom. The molecule has 3 aliphatic rings. The maximum absolute atomic E-state index is 13.6.